The lowest BCUT2D eigenvalue weighted by Gasteiger charge is -2.19. The summed E-state index contributed by atoms with van der Waals surface area (Å²) in [7, 11) is -3.34. The number of Topliss-reactive ketones (excluding diaryl/α,β-unsaturated/α-hetero) is 1. The average Bonchev–Trinajstić information content (AvgIpc) is 2.59. The summed E-state index contributed by atoms with van der Waals surface area (Å²) in [5.41, 5.74) is 1.74. The molecular weight excluding hydrogens is 364 g/mol. The van der Waals surface area contributed by atoms with Crippen LogP contribution in [0, 0.1) is 0 Å². The van der Waals surface area contributed by atoms with Crippen molar-refractivity contribution in [2.24, 2.45) is 0 Å². The van der Waals surface area contributed by atoms with E-state index in [1.54, 1.807) is 12.1 Å². The smallest absolute Gasteiger partial charge is 0.338 e. The highest BCUT2D eigenvalue weighted by atomic mass is 32.2. The third-order valence-electron chi connectivity index (χ3n) is 4.21. The molecule has 0 aliphatic rings. The average molecular weight is 388 g/mol. The molecule has 2 aromatic rings. The van der Waals surface area contributed by atoms with Crippen molar-refractivity contribution in [1.82, 2.24) is 0 Å². The number of carbonyl (C=O) groups is 2. The topological polar surface area (TPSA) is 77.5 Å². The quantitative estimate of drug-likeness (QED) is 0.575. The fourth-order valence-electron chi connectivity index (χ4n) is 2.49. The Kier molecular flexibility index (Phi) is 5.90. The standard InChI is InChI=1S/C21H24O5S/c1-14(19(22)15-6-10-17(11-7-15)21(2,3)4)26-20(23)16-8-12-18(13-9-16)27(5,24)25/h6-14H,1-5H3/t14-/m0/s1. The molecule has 2 aromatic carbocycles. The van der Waals surface area contributed by atoms with Crippen LogP contribution in [0.3, 0.4) is 0 Å². The summed E-state index contributed by atoms with van der Waals surface area (Å²) in [4.78, 5) is 24.8. The van der Waals surface area contributed by atoms with Crippen molar-refractivity contribution in [3.63, 3.8) is 0 Å². The molecule has 0 unspecified atom stereocenters. The molecule has 0 aliphatic heterocycles. The molecule has 0 bridgehead atoms. The van der Waals surface area contributed by atoms with E-state index in [-0.39, 0.29) is 21.7 Å². The second-order valence-corrected chi connectivity index (χ2v) is 9.55. The number of benzene rings is 2. The minimum atomic E-state index is -3.34. The first-order chi connectivity index (χ1) is 12.4. The van der Waals surface area contributed by atoms with Gasteiger partial charge >= 0.3 is 5.97 Å². The van der Waals surface area contributed by atoms with E-state index in [0.29, 0.717) is 5.56 Å². The van der Waals surface area contributed by atoms with Crippen molar-refractivity contribution in [3.05, 3.63) is 65.2 Å². The Balaban J connectivity index is 2.08. The lowest BCUT2D eigenvalue weighted by atomic mass is 9.86. The largest absolute Gasteiger partial charge is 0.451 e. The van der Waals surface area contributed by atoms with Gasteiger partial charge < -0.3 is 4.74 Å². The SMILES string of the molecule is C[C@H](OC(=O)c1ccc(S(C)(=O)=O)cc1)C(=O)c1ccc(C(C)(C)C)cc1. The molecule has 0 aliphatic carbocycles. The molecule has 1 atom stereocenters. The monoisotopic (exact) mass is 388 g/mol. The number of hydrogen-bond donors (Lipinski definition) is 0. The Morgan fingerprint density at radius 2 is 1.37 bits per heavy atom. The number of ether oxygens (including phenoxy) is 1. The van der Waals surface area contributed by atoms with E-state index < -0.39 is 21.9 Å². The van der Waals surface area contributed by atoms with Gasteiger partial charge in [-0.25, -0.2) is 13.2 Å². The van der Waals surface area contributed by atoms with Gasteiger partial charge in [0, 0.05) is 11.8 Å². The van der Waals surface area contributed by atoms with Gasteiger partial charge in [0.2, 0.25) is 5.78 Å². The fourth-order valence-corrected chi connectivity index (χ4v) is 3.12. The van der Waals surface area contributed by atoms with Crippen molar-refractivity contribution < 1.29 is 22.7 Å². The number of ketones is 1. The molecule has 0 N–H and O–H groups in total. The van der Waals surface area contributed by atoms with E-state index in [1.807, 2.05) is 12.1 Å². The van der Waals surface area contributed by atoms with Crippen LogP contribution in [0.25, 0.3) is 0 Å². The van der Waals surface area contributed by atoms with E-state index in [1.165, 1.54) is 31.2 Å². The number of carbonyl (C=O) groups excluding carboxylic acids is 2. The Labute approximate surface area is 160 Å². The Hall–Kier alpha value is -2.47. The Morgan fingerprint density at radius 3 is 1.81 bits per heavy atom. The molecular formula is C21H24O5S. The summed E-state index contributed by atoms with van der Waals surface area (Å²) >= 11 is 0. The Bertz CT molecular complexity index is 934. The van der Waals surface area contributed by atoms with Crippen LogP contribution in [0.5, 0.6) is 0 Å². The number of sulfone groups is 1. The van der Waals surface area contributed by atoms with Gasteiger partial charge in [-0.3, -0.25) is 4.79 Å². The summed E-state index contributed by atoms with van der Waals surface area (Å²) in [6, 6.07) is 12.7. The summed E-state index contributed by atoms with van der Waals surface area (Å²) in [6.07, 6.45) is 0.138. The van der Waals surface area contributed by atoms with Crippen molar-refractivity contribution in [1.29, 1.82) is 0 Å². The summed E-state index contributed by atoms with van der Waals surface area (Å²) < 4.78 is 28.2. The molecule has 0 spiro atoms. The molecule has 0 fully saturated rings. The number of esters is 1. The van der Waals surface area contributed by atoms with Crippen molar-refractivity contribution in [3.8, 4) is 0 Å². The maximum Gasteiger partial charge on any atom is 0.338 e. The van der Waals surface area contributed by atoms with Crippen molar-refractivity contribution in [2.75, 3.05) is 6.26 Å². The number of rotatable bonds is 5. The Morgan fingerprint density at radius 1 is 0.889 bits per heavy atom. The van der Waals surface area contributed by atoms with Crippen LogP contribution in [0.1, 0.15) is 54.0 Å². The zero-order valence-electron chi connectivity index (χ0n) is 16.1. The van der Waals surface area contributed by atoms with Gasteiger partial charge in [-0.2, -0.15) is 0 Å². The highest BCUT2D eigenvalue weighted by molar-refractivity contribution is 7.90. The highest BCUT2D eigenvalue weighted by Crippen LogP contribution is 2.23. The zero-order chi connectivity index (χ0) is 20.4. The van der Waals surface area contributed by atoms with Crippen LogP contribution < -0.4 is 0 Å². The van der Waals surface area contributed by atoms with E-state index >= 15 is 0 Å². The van der Waals surface area contributed by atoms with Crippen LogP contribution in [-0.4, -0.2) is 32.5 Å². The molecule has 0 aromatic heterocycles. The van der Waals surface area contributed by atoms with Gasteiger partial charge in [0.15, 0.2) is 15.9 Å². The lowest BCUT2D eigenvalue weighted by Crippen LogP contribution is -2.24. The summed E-state index contributed by atoms with van der Waals surface area (Å²) in [5, 5.41) is 0. The van der Waals surface area contributed by atoms with Gasteiger partial charge in [0.25, 0.3) is 0 Å². The normalized spacial score (nSPS) is 13.1. The van der Waals surface area contributed by atoms with Gasteiger partial charge in [-0.1, -0.05) is 45.0 Å². The first-order valence-corrected chi connectivity index (χ1v) is 10.4. The zero-order valence-corrected chi connectivity index (χ0v) is 17.0. The van der Waals surface area contributed by atoms with Crippen molar-refractivity contribution >= 4 is 21.6 Å². The highest BCUT2D eigenvalue weighted by Gasteiger charge is 2.22. The minimum Gasteiger partial charge on any atom is -0.451 e. The third kappa shape index (κ3) is 5.26. The van der Waals surface area contributed by atoms with Gasteiger partial charge in [-0.05, 0) is 42.2 Å². The van der Waals surface area contributed by atoms with E-state index in [0.717, 1.165) is 11.8 Å². The van der Waals surface area contributed by atoms with Crippen LogP contribution in [0.4, 0.5) is 0 Å². The van der Waals surface area contributed by atoms with Crippen molar-refractivity contribution in [2.45, 2.75) is 44.1 Å². The molecule has 0 heterocycles. The van der Waals surface area contributed by atoms with Gasteiger partial charge in [0.1, 0.15) is 0 Å². The molecule has 144 valence electrons. The van der Waals surface area contributed by atoms with E-state index in [4.69, 9.17) is 4.74 Å². The molecule has 0 saturated carbocycles. The summed E-state index contributed by atoms with van der Waals surface area (Å²) in [5.74, 6) is -0.973. The van der Waals surface area contributed by atoms with E-state index in [2.05, 4.69) is 20.8 Å². The minimum absolute atomic E-state index is 0.0161. The molecule has 6 heteroatoms. The third-order valence-corrected chi connectivity index (χ3v) is 5.34. The summed E-state index contributed by atoms with van der Waals surface area (Å²) in [6.45, 7) is 7.78. The van der Waals surface area contributed by atoms with E-state index in [9.17, 15) is 18.0 Å². The van der Waals surface area contributed by atoms with Crippen LogP contribution in [-0.2, 0) is 20.0 Å². The fraction of sp³-hybridized carbons (Fsp3) is 0.333. The molecule has 0 saturated heterocycles. The first kappa shape index (κ1) is 20.8. The molecule has 2 rings (SSSR count). The lowest BCUT2D eigenvalue weighted by molar-refractivity contribution is 0.0318. The molecule has 27 heavy (non-hydrogen) atoms. The molecule has 5 nitrogen and oxygen atoms in total. The van der Waals surface area contributed by atoms with Gasteiger partial charge in [-0.15, -0.1) is 0 Å². The maximum absolute atomic E-state index is 12.5. The maximum atomic E-state index is 12.5. The van der Waals surface area contributed by atoms with Crippen LogP contribution >= 0.6 is 0 Å². The van der Waals surface area contributed by atoms with Crippen LogP contribution in [0.15, 0.2) is 53.4 Å². The predicted molar refractivity (Wildman–Crippen MR) is 104 cm³/mol. The second kappa shape index (κ2) is 7.64. The molecule has 0 amide bonds. The molecule has 0 radical (unpaired) electrons. The predicted octanol–water partition coefficient (Wildman–Crippen LogP) is 3.82. The number of hydrogen-bond acceptors (Lipinski definition) is 5. The first-order valence-electron chi connectivity index (χ1n) is 8.55. The van der Waals surface area contributed by atoms with Crippen LogP contribution in [0.2, 0.25) is 0 Å². The van der Waals surface area contributed by atoms with Gasteiger partial charge in [0.05, 0.1) is 10.5 Å². The second-order valence-electron chi connectivity index (χ2n) is 7.54.